The summed E-state index contributed by atoms with van der Waals surface area (Å²) >= 11 is 0. The minimum atomic E-state index is -1.21. The summed E-state index contributed by atoms with van der Waals surface area (Å²) < 4.78 is 5.95. The fourth-order valence-electron chi connectivity index (χ4n) is 3.98. The van der Waals surface area contributed by atoms with Crippen molar-refractivity contribution in [2.45, 2.75) is 58.2 Å². The van der Waals surface area contributed by atoms with Gasteiger partial charge in [-0.1, -0.05) is 51.1 Å². The van der Waals surface area contributed by atoms with Crippen LogP contribution in [0.4, 0.5) is 0 Å². The zero-order chi connectivity index (χ0) is 20.7. The minimum absolute atomic E-state index is 0.148. The van der Waals surface area contributed by atoms with Gasteiger partial charge in [0.15, 0.2) is 11.9 Å². The lowest BCUT2D eigenvalue weighted by atomic mass is 9.62. The second kappa shape index (κ2) is 7.55. The second-order valence-corrected chi connectivity index (χ2v) is 10.8. The number of benzene rings is 1. The number of nitrogens with zero attached hydrogens (tertiary/aromatic N) is 1. The van der Waals surface area contributed by atoms with Gasteiger partial charge in [0.2, 0.25) is 9.04 Å². The summed E-state index contributed by atoms with van der Waals surface area (Å²) in [7, 11) is -1.21. The molecule has 1 saturated heterocycles. The first-order chi connectivity index (χ1) is 13.1. The van der Waals surface area contributed by atoms with E-state index in [0.29, 0.717) is 0 Å². The van der Waals surface area contributed by atoms with Crippen LogP contribution >= 0.6 is 0 Å². The molecule has 1 aliphatic heterocycles. The van der Waals surface area contributed by atoms with Crippen LogP contribution in [0.3, 0.4) is 0 Å². The number of carbonyl (C=O) groups excluding carboxylic acids is 2. The monoisotopic (exact) mass is 402 g/mol. The quantitative estimate of drug-likeness (QED) is 0.605. The van der Waals surface area contributed by atoms with E-state index in [9.17, 15) is 14.7 Å². The van der Waals surface area contributed by atoms with Crippen LogP contribution in [0.1, 0.15) is 26.3 Å². The van der Waals surface area contributed by atoms with E-state index >= 15 is 0 Å². The first-order valence-electron chi connectivity index (χ1n) is 9.48. The molecule has 1 radical (unpaired) electrons. The molecule has 28 heavy (non-hydrogen) atoms. The van der Waals surface area contributed by atoms with Crippen LogP contribution in [0.2, 0.25) is 13.1 Å². The fourth-order valence-corrected chi connectivity index (χ4v) is 4.74. The SMILES string of the molecule is C[Si](C)OC1C(=O)N(OCc2ccccc2)[C@@]12C=CC(=O)[C@@H](C(C)(C)C)[C@@H]2O. The highest BCUT2D eigenvalue weighted by Gasteiger charge is 2.69. The van der Waals surface area contributed by atoms with Crippen molar-refractivity contribution in [2.75, 3.05) is 0 Å². The number of hydroxylamine groups is 2. The highest BCUT2D eigenvalue weighted by atomic mass is 28.3. The fraction of sp³-hybridized carbons (Fsp3) is 0.524. The molecule has 1 heterocycles. The van der Waals surface area contributed by atoms with Crippen molar-refractivity contribution in [2.24, 2.45) is 11.3 Å². The molecular formula is C21H28NO5Si. The third-order valence-electron chi connectivity index (χ3n) is 5.30. The minimum Gasteiger partial charge on any atom is -0.403 e. The van der Waals surface area contributed by atoms with Crippen LogP contribution in [-0.2, 0) is 25.5 Å². The number of rotatable bonds is 5. The van der Waals surface area contributed by atoms with Crippen molar-refractivity contribution in [3.8, 4) is 0 Å². The molecule has 1 N–H and O–H groups in total. The normalized spacial score (nSPS) is 30.2. The summed E-state index contributed by atoms with van der Waals surface area (Å²) in [6, 6.07) is 9.50. The van der Waals surface area contributed by atoms with Crippen molar-refractivity contribution in [1.29, 1.82) is 0 Å². The zero-order valence-electron chi connectivity index (χ0n) is 17.0. The Morgan fingerprint density at radius 1 is 1.18 bits per heavy atom. The number of β-lactam (4-membered cyclic amide) rings is 1. The highest BCUT2D eigenvalue weighted by molar-refractivity contribution is 6.48. The van der Waals surface area contributed by atoms with Crippen molar-refractivity contribution in [3.05, 3.63) is 48.0 Å². The van der Waals surface area contributed by atoms with Crippen LogP contribution < -0.4 is 0 Å². The van der Waals surface area contributed by atoms with E-state index in [1.54, 1.807) is 6.08 Å². The molecular weight excluding hydrogens is 374 g/mol. The first kappa shape index (κ1) is 20.9. The molecule has 151 valence electrons. The van der Waals surface area contributed by atoms with E-state index in [-0.39, 0.29) is 18.3 Å². The van der Waals surface area contributed by atoms with Gasteiger partial charge in [0, 0.05) is 0 Å². The molecule has 6 nitrogen and oxygen atoms in total. The summed E-state index contributed by atoms with van der Waals surface area (Å²) in [6.45, 7) is 9.78. The Kier molecular flexibility index (Phi) is 5.64. The van der Waals surface area contributed by atoms with Gasteiger partial charge in [0.05, 0.1) is 12.0 Å². The van der Waals surface area contributed by atoms with Crippen LogP contribution in [0.5, 0.6) is 0 Å². The van der Waals surface area contributed by atoms with Gasteiger partial charge in [-0.2, -0.15) is 0 Å². The smallest absolute Gasteiger partial charge is 0.278 e. The number of amides is 1. The summed E-state index contributed by atoms with van der Waals surface area (Å²) in [5, 5.41) is 12.5. The molecule has 4 atom stereocenters. The average Bonchev–Trinajstić information content (AvgIpc) is 2.61. The van der Waals surface area contributed by atoms with Crippen LogP contribution in [0.15, 0.2) is 42.5 Å². The lowest BCUT2D eigenvalue weighted by molar-refractivity contribution is -0.300. The second-order valence-electron chi connectivity index (χ2n) is 8.71. The van der Waals surface area contributed by atoms with E-state index in [2.05, 4.69) is 0 Å². The number of carbonyl (C=O) groups is 2. The summed E-state index contributed by atoms with van der Waals surface area (Å²) in [6.07, 6.45) is 1.08. The molecule has 3 rings (SSSR count). The highest BCUT2D eigenvalue weighted by Crippen LogP contribution is 2.48. The number of ketones is 1. The van der Waals surface area contributed by atoms with Gasteiger partial charge in [-0.15, -0.1) is 0 Å². The number of hydrogen-bond donors (Lipinski definition) is 1. The molecule has 1 aromatic carbocycles. The van der Waals surface area contributed by atoms with Crippen molar-refractivity contribution < 1.29 is 24.0 Å². The molecule has 1 unspecified atom stereocenters. The number of allylic oxidation sites excluding steroid dienone is 1. The van der Waals surface area contributed by atoms with Gasteiger partial charge in [-0.3, -0.25) is 14.4 Å². The molecule has 1 aromatic rings. The maximum Gasteiger partial charge on any atom is 0.278 e. The summed E-state index contributed by atoms with van der Waals surface area (Å²) in [5.41, 5.74) is -0.766. The van der Waals surface area contributed by atoms with E-state index in [1.807, 2.05) is 64.2 Å². The Morgan fingerprint density at radius 2 is 1.82 bits per heavy atom. The molecule has 0 bridgehead atoms. The maximum atomic E-state index is 12.8. The van der Waals surface area contributed by atoms with Crippen molar-refractivity contribution in [1.82, 2.24) is 5.06 Å². The zero-order valence-corrected chi connectivity index (χ0v) is 18.0. The standard InChI is InChI=1S/C21H28NO5Si/c1-20(2,3)16-15(23)11-12-21(17(16)24)18(27-28(4)5)19(25)22(21)26-13-14-9-7-6-8-10-14/h6-12,16-18,24H,13H2,1-5H3/t16-,17+,18?,21-/m1/s1. The molecule has 1 aliphatic carbocycles. The number of aliphatic hydroxyl groups excluding tert-OH is 1. The summed E-state index contributed by atoms with van der Waals surface area (Å²) in [5.74, 6) is -1.14. The van der Waals surface area contributed by atoms with E-state index < -0.39 is 38.1 Å². The lowest BCUT2D eigenvalue weighted by Gasteiger charge is -2.59. The molecule has 1 fully saturated rings. The molecule has 0 aromatic heterocycles. The predicted octanol–water partition coefficient (Wildman–Crippen LogP) is 2.50. The lowest BCUT2D eigenvalue weighted by Crippen LogP contribution is -2.81. The Balaban J connectivity index is 1.94. The Labute approximate surface area is 167 Å². The predicted molar refractivity (Wildman–Crippen MR) is 106 cm³/mol. The largest absolute Gasteiger partial charge is 0.403 e. The van der Waals surface area contributed by atoms with Crippen LogP contribution in [0.25, 0.3) is 0 Å². The average molecular weight is 403 g/mol. The van der Waals surface area contributed by atoms with E-state index in [0.717, 1.165) is 5.56 Å². The number of aliphatic hydroxyl groups is 1. The summed E-state index contributed by atoms with van der Waals surface area (Å²) in [4.78, 5) is 31.2. The molecule has 7 heteroatoms. The maximum absolute atomic E-state index is 12.8. The third-order valence-corrected chi connectivity index (χ3v) is 6.00. The molecule has 1 amide bonds. The van der Waals surface area contributed by atoms with Crippen molar-refractivity contribution in [3.63, 3.8) is 0 Å². The number of hydrogen-bond acceptors (Lipinski definition) is 5. The van der Waals surface area contributed by atoms with E-state index in [1.165, 1.54) is 11.1 Å². The van der Waals surface area contributed by atoms with E-state index in [4.69, 9.17) is 9.26 Å². The molecule has 2 aliphatic rings. The van der Waals surface area contributed by atoms with Gasteiger partial charge in [-0.25, -0.2) is 5.06 Å². The van der Waals surface area contributed by atoms with Gasteiger partial charge in [0.1, 0.15) is 12.1 Å². The molecule has 1 spiro atoms. The van der Waals surface area contributed by atoms with Crippen LogP contribution in [0, 0.1) is 11.3 Å². The Morgan fingerprint density at radius 3 is 2.39 bits per heavy atom. The van der Waals surface area contributed by atoms with Crippen molar-refractivity contribution >= 4 is 20.7 Å². The Hall–Kier alpha value is -1.80. The topological polar surface area (TPSA) is 76.1 Å². The van der Waals surface area contributed by atoms with Gasteiger partial charge < -0.3 is 9.53 Å². The first-order valence-corrected chi connectivity index (χ1v) is 11.9. The van der Waals surface area contributed by atoms with Gasteiger partial charge in [-0.05, 0) is 36.2 Å². The van der Waals surface area contributed by atoms with Gasteiger partial charge >= 0.3 is 0 Å². The van der Waals surface area contributed by atoms with Crippen LogP contribution in [-0.4, -0.2) is 48.6 Å². The third kappa shape index (κ3) is 3.48. The molecule has 0 saturated carbocycles. The van der Waals surface area contributed by atoms with Gasteiger partial charge in [0.25, 0.3) is 5.91 Å². The Bertz CT molecular complexity index is 773.